The van der Waals surface area contributed by atoms with E-state index in [2.05, 4.69) is 0 Å². The summed E-state index contributed by atoms with van der Waals surface area (Å²) in [7, 11) is 2.84. The van der Waals surface area contributed by atoms with Crippen LogP contribution in [0.2, 0.25) is 0 Å². The number of esters is 1. The van der Waals surface area contributed by atoms with Crippen LogP contribution < -0.4 is 0 Å². The van der Waals surface area contributed by atoms with E-state index in [1.54, 1.807) is 24.1 Å². The molecule has 3 rings (SSSR count). The largest absolute Gasteiger partial charge is 0.468 e. The number of ketones is 1. The number of hydrogen-bond donors (Lipinski definition) is 0. The van der Waals surface area contributed by atoms with E-state index in [4.69, 9.17) is 4.74 Å². The molecule has 0 radical (unpaired) electrons. The van der Waals surface area contributed by atoms with Gasteiger partial charge in [-0.25, -0.2) is 4.79 Å². The van der Waals surface area contributed by atoms with Crippen molar-refractivity contribution in [2.45, 2.75) is 6.04 Å². The van der Waals surface area contributed by atoms with Crippen molar-refractivity contribution >= 4 is 35.3 Å². The van der Waals surface area contributed by atoms with Crippen molar-refractivity contribution < 1.29 is 24.2 Å². The number of benzene rings is 2. The molecule has 1 aliphatic rings. The molecule has 0 amide bonds. The minimum absolute atomic E-state index is 0.0859. The number of piperidine rings is 1. The number of nitrogens with zero attached hydrogens (tertiary/aromatic N) is 3. The molecule has 32 heavy (non-hydrogen) atoms. The zero-order chi connectivity index (χ0) is 23.4. The Balaban J connectivity index is 2.09. The molecule has 1 saturated heterocycles. The summed E-state index contributed by atoms with van der Waals surface area (Å²) in [6.45, 7) is 0.105. The monoisotopic (exact) mass is 437 g/mol. The van der Waals surface area contributed by atoms with Crippen LogP contribution in [0.1, 0.15) is 11.1 Å². The van der Waals surface area contributed by atoms with Gasteiger partial charge in [0.05, 0.1) is 17.0 Å². The number of carbonyl (C=O) groups excluding carboxylic acids is 2. The van der Waals surface area contributed by atoms with E-state index in [1.807, 2.05) is 0 Å². The van der Waals surface area contributed by atoms with Gasteiger partial charge in [-0.1, -0.05) is 24.3 Å². The molecule has 1 unspecified atom stereocenters. The highest BCUT2D eigenvalue weighted by molar-refractivity contribution is 6.18. The smallest absolute Gasteiger partial charge is 0.327 e. The predicted octanol–water partition coefficient (Wildman–Crippen LogP) is 3.03. The molecule has 0 N–H and O–H groups in total. The zero-order valence-electron chi connectivity index (χ0n) is 17.3. The lowest BCUT2D eigenvalue weighted by Crippen LogP contribution is -2.48. The zero-order valence-corrected chi connectivity index (χ0v) is 17.3. The topological polar surface area (TPSA) is 133 Å². The number of nitro groups is 2. The summed E-state index contributed by atoms with van der Waals surface area (Å²) in [6.07, 6.45) is 2.95. The van der Waals surface area contributed by atoms with Crippen molar-refractivity contribution in [3.63, 3.8) is 0 Å². The van der Waals surface area contributed by atoms with E-state index < -0.39 is 27.6 Å². The van der Waals surface area contributed by atoms with Crippen molar-refractivity contribution in [1.29, 1.82) is 0 Å². The van der Waals surface area contributed by atoms with Gasteiger partial charge in [-0.3, -0.25) is 29.9 Å². The lowest BCUT2D eigenvalue weighted by molar-refractivity contribution is -0.385. The fourth-order valence-electron chi connectivity index (χ4n) is 3.49. The van der Waals surface area contributed by atoms with Crippen LogP contribution in [-0.4, -0.2) is 53.2 Å². The Morgan fingerprint density at radius 3 is 2.06 bits per heavy atom. The number of carbonyl (C=O) groups is 2. The molecule has 2 aromatic carbocycles. The Morgan fingerprint density at radius 1 is 1.03 bits per heavy atom. The molecule has 1 atom stereocenters. The Morgan fingerprint density at radius 2 is 1.56 bits per heavy atom. The van der Waals surface area contributed by atoms with Gasteiger partial charge in [-0.15, -0.1) is 0 Å². The van der Waals surface area contributed by atoms with Gasteiger partial charge in [-0.05, 0) is 30.3 Å². The van der Waals surface area contributed by atoms with E-state index in [0.29, 0.717) is 16.7 Å². The average Bonchev–Trinajstić information content (AvgIpc) is 2.77. The van der Waals surface area contributed by atoms with Crippen LogP contribution in [0, 0.1) is 20.2 Å². The van der Waals surface area contributed by atoms with Gasteiger partial charge < -0.3 is 4.74 Å². The highest BCUT2D eigenvalue weighted by atomic mass is 16.6. The normalized spacial score (nSPS) is 19.2. The van der Waals surface area contributed by atoms with E-state index in [1.165, 1.54) is 55.7 Å². The third kappa shape index (κ3) is 4.76. The van der Waals surface area contributed by atoms with Gasteiger partial charge in [0.2, 0.25) is 0 Å². The second-order valence-corrected chi connectivity index (χ2v) is 7.14. The molecular formula is C22H19N3O7. The van der Waals surface area contributed by atoms with Crippen molar-refractivity contribution in [3.8, 4) is 0 Å². The maximum atomic E-state index is 13.3. The number of nitro benzene ring substituents is 2. The van der Waals surface area contributed by atoms with Gasteiger partial charge in [-0.2, -0.15) is 0 Å². The van der Waals surface area contributed by atoms with Crippen LogP contribution in [-0.2, 0) is 14.3 Å². The number of methoxy groups -OCH3 is 1. The predicted molar refractivity (Wildman–Crippen MR) is 116 cm³/mol. The number of ether oxygens (including phenoxy) is 1. The van der Waals surface area contributed by atoms with Crippen molar-refractivity contribution in [3.05, 3.63) is 91.0 Å². The first-order valence-electron chi connectivity index (χ1n) is 9.45. The summed E-state index contributed by atoms with van der Waals surface area (Å²) < 4.78 is 4.86. The van der Waals surface area contributed by atoms with Gasteiger partial charge in [0.15, 0.2) is 5.78 Å². The van der Waals surface area contributed by atoms with E-state index >= 15 is 0 Å². The average molecular weight is 437 g/mol. The third-order valence-electron chi connectivity index (χ3n) is 4.96. The summed E-state index contributed by atoms with van der Waals surface area (Å²) >= 11 is 0. The van der Waals surface area contributed by atoms with Crippen LogP contribution in [0.4, 0.5) is 11.4 Å². The van der Waals surface area contributed by atoms with E-state index in [-0.39, 0.29) is 23.5 Å². The second kappa shape index (κ2) is 9.31. The number of Topliss-reactive ketones (excluding diaryl/α,β-unsaturated/α-hetero) is 1. The van der Waals surface area contributed by atoms with Gasteiger partial charge in [0, 0.05) is 42.0 Å². The number of hydrogen-bond acceptors (Lipinski definition) is 8. The van der Waals surface area contributed by atoms with Crippen LogP contribution in [0.3, 0.4) is 0 Å². The maximum absolute atomic E-state index is 13.3. The summed E-state index contributed by atoms with van der Waals surface area (Å²) in [5.74, 6) is -1.09. The molecule has 0 bridgehead atoms. The van der Waals surface area contributed by atoms with Crippen LogP contribution in [0.25, 0.3) is 12.2 Å². The molecule has 0 aliphatic carbocycles. The van der Waals surface area contributed by atoms with E-state index in [0.717, 1.165) is 0 Å². The van der Waals surface area contributed by atoms with Gasteiger partial charge >= 0.3 is 5.97 Å². The third-order valence-corrected chi connectivity index (χ3v) is 4.96. The molecule has 0 saturated carbocycles. The molecule has 164 valence electrons. The van der Waals surface area contributed by atoms with Gasteiger partial charge in [0.1, 0.15) is 6.04 Å². The molecule has 2 aromatic rings. The van der Waals surface area contributed by atoms with E-state index in [9.17, 15) is 29.8 Å². The highest BCUT2D eigenvalue weighted by Gasteiger charge is 2.38. The first kappa shape index (κ1) is 22.5. The molecule has 0 aromatic heterocycles. The quantitative estimate of drug-likeness (QED) is 0.302. The summed E-state index contributed by atoms with van der Waals surface area (Å²) in [4.78, 5) is 48.4. The Labute approximate surface area is 182 Å². The number of rotatable bonds is 5. The minimum Gasteiger partial charge on any atom is -0.468 e. The fraction of sp³-hybridized carbons (Fsp3) is 0.182. The molecule has 10 heteroatoms. The molecule has 1 fully saturated rings. The first-order valence-corrected chi connectivity index (χ1v) is 9.45. The Kier molecular flexibility index (Phi) is 6.55. The summed E-state index contributed by atoms with van der Waals surface area (Å²) in [5.41, 5.74) is 0.963. The molecule has 1 aliphatic heterocycles. The van der Waals surface area contributed by atoms with Crippen LogP contribution in [0.5, 0.6) is 0 Å². The van der Waals surface area contributed by atoms with Crippen molar-refractivity contribution in [2.75, 3.05) is 20.7 Å². The van der Waals surface area contributed by atoms with Crippen LogP contribution in [0.15, 0.2) is 59.7 Å². The lowest BCUT2D eigenvalue weighted by Gasteiger charge is -2.33. The lowest BCUT2D eigenvalue weighted by atomic mass is 9.88. The minimum atomic E-state index is -1.01. The fourth-order valence-corrected chi connectivity index (χ4v) is 3.49. The highest BCUT2D eigenvalue weighted by Crippen LogP contribution is 2.28. The maximum Gasteiger partial charge on any atom is 0.327 e. The number of likely N-dealkylation sites (tertiary alicyclic amines) is 1. The summed E-state index contributed by atoms with van der Waals surface area (Å²) in [6, 6.07) is 10.5. The Bertz CT molecular complexity index is 1170. The molecular weight excluding hydrogens is 418 g/mol. The second-order valence-electron chi connectivity index (χ2n) is 7.14. The summed E-state index contributed by atoms with van der Waals surface area (Å²) in [5, 5.41) is 22.1. The molecule has 0 spiro atoms. The first-order chi connectivity index (χ1) is 15.2. The standard InChI is InChI=1S/C22H19N3O7/c1-23-13-16(9-14-5-3-7-17(10-14)24(28)29)21(26)19(20(23)22(27)32-2)12-15-6-4-8-18(11-15)25(30)31/h3-12,20H,13H2,1-2H3. The van der Waals surface area contributed by atoms with Crippen LogP contribution >= 0.6 is 0 Å². The molecule has 1 heterocycles. The number of non-ortho nitro benzene ring substituents is 2. The SMILES string of the molecule is COC(=O)C1C(=Cc2cccc([N+](=O)[O-])c2)C(=O)C(=Cc2cccc([N+](=O)[O-])c2)CN1C. The molecule has 10 nitrogen and oxygen atoms in total. The van der Waals surface area contributed by atoms with Crippen molar-refractivity contribution in [1.82, 2.24) is 4.90 Å². The Hall–Kier alpha value is -4.18. The van der Waals surface area contributed by atoms with Crippen molar-refractivity contribution in [2.24, 2.45) is 0 Å². The number of likely N-dealkylation sites (N-methyl/N-ethyl adjacent to an activating group) is 1. The van der Waals surface area contributed by atoms with Gasteiger partial charge in [0.25, 0.3) is 11.4 Å².